The van der Waals surface area contributed by atoms with Crippen molar-refractivity contribution in [3.63, 3.8) is 0 Å². The summed E-state index contributed by atoms with van der Waals surface area (Å²) in [6, 6.07) is 5.57. The summed E-state index contributed by atoms with van der Waals surface area (Å²) in [5.74, 6) is -1.01. The van der Waals surface area contributed by atoms with E-state index in [0.717, 1.165) is 0 Å². The molecule has 0 saturated carbocycles. The van der Waals surface area contributed by atoms with E-state index in [1.807, 2.05) is 25.8 Å². The number of carboxylic acid groups (broad SMARTS) is 1. The standard InChI is InChI=1S/C12H14N2O3/c1-7(2)14(3)12-13-9-6-4-5-8(11(15)16)10(9)17-12/h4-7H,1-3H3,(H,15,16). The molecule has 0 saturated heterocycles. The maximum atomic E-state index is 11.0. The number of hydrogen-bond acceptors (Lipinski definition) is 4. The van der Waals surface area contributed by atoms with Gasteiger partial charge in [-0.25, -0.2) is 4.79 Å². The minimum absolute atomic E-state index is 0.137. The zero-order valence-electron chi connectivity index (χ0n) is 9.97. The number of rotatable bonds is 3. The van der Waals surface area contributed by atoms with Crippen molar-refractivity contribution in [2.75, 3.05) is 11.9 Å². The van der Waals surface area contributed by atoms with Crippen molar-refractivity contribution in [1.29, 1.82) is 0 Å². The number of para-hydroxylation sites is 1. The van der Waals surface area contributed by atoms with E-state index in [-0.39, 0.29) is 11.6 Å². The molecule has 0 bridgehead atoms. The maximum Gasteiger partial charge on any atom is 0.339 e. The van der Waals surface area contributed by atoms with Crippen molar-refractivity contribution in [1.82, 2.24) is 4.98 Å². The third kappa shape index (κ3) is 1.95. The normalized spacial score (nSPS) is 11.1. The molecular formula is C12H14N2O3. The van der Waals surface area contributed by atoms with Crippen LogP contribution in [0.1, 0.15) is 24.2 Å². The molecule has 0 amide bonds. The van der Waals surface area contributed by atoms with E-state index in [9.17, 15) is 4.79 Å². The number of aromatic carboxylic acids is 1. The van der Waals surface area contributed by atoms with Crippen LogP contribution in [-0.2, 0) is 0 Å². The van der Waals surface area contributed by atoms with Crippen molar-refractivity contribution in [3.8, 4) is 0 Å². The molecule has 0 radical (unpaired) electrons. The highest BCUT2D eigenvalue weighted by Crippen LogP contribution is 2.25. The predicted molar refractivity (Wildman–Crippen MR) is 64.5 cm³/mol. The SMILES string of the molecule is CC(C)N(C)c1nc2cccc(C(=O)O)c2o1. The molecule has 1 N–H and O–H groups in total. The molecule has 90 valence electrons. The summed E-state index contributed by atoms with van der Waals surface area (Å²) < 4.78 is 5.52. The second-order valence-electron chi connectivity index (χ2n) is 4.16. The van der Waals surface area contributed by atoms with Crippen LogP contribution in [-0.4, -0.2) is 29.1 Å². The molecule has 17 heavy (non-hydrogen) atoms. The average molecular weight is 234 g/mol. The summed E-state index contributed by atoms with van der Waals surface area (Å²) in [4.78, 5) is 17.2. The molecule has 0 spiro atoms. The Labute approximate surface area is 98.7 Å². The van der Waals surface area contributed by atoms with Crippen LogP contribution in [0.25, 0.3) is 11.1 Å². The van der Waals surface area contributed by atoms with Gasteiger partial charge in [0.05, 0.1) is 0 Å². The van der Waals surface area contributed by atoms with Gasteiger partial charge in [0.25, 0.3) is 6.01 Å². The van der Waals surface area contributed by atoms with Gasteiger partial charge in [-0.3, -0.25) is 0 Å². The van der Waals surface area contributed by atoms with Crippen LogP contribution in [0, 0.1) is 0 Å². The summed E-state index contributed by atoms with van der Waals surface area (Å²) in [5.41, 5.74) is 1.02. The quantitative estimate of drug-likeness (QED) is 0.883. The van der Waals surface area contributed by atoms with E-state index in [1.54, 1.807) is 12.1 Å². The van der Waals surface area contributed by atoms with Gasteiger partial charge >= 0.3 is 5.97 Å². The van der Waals surface area contributed by atoms with Crippen LogP contribution >= 0.6 is 0 Å². The van der Waals surface area contributed by atoms with Crippen LogP contribution in [0.15, 0.2) is 22.6 Å². The predicted octanol–water partition coefficient (Wildman–Crippen LogP) is 2.37. The Kier molecular flexibility index (Phi) is 2.75. The van der Waals surface area contributed by atoms with Gasteiger partial charge in [-0.15, -0.1) is 0 Å². The number of carbonyl (C=O) groups is 1. The molecule has 0 fully saturated rings. The van der Waals surface area contributed by atoms with E-state index in [2.05, 4.69) is 4.98 Å². The molecule has 0 aliphatic carbocycles. The van der Waals surface area contributed by atoms with Gasteiger partial charge in [0, 0.05) is 13.1 Å². The molecular weight excluding hydrogens is 220 g/mol. The van der Waals surface area contributed by atoms with E-state index < -0.39 is 5.97 Å². The van der Waals surface area contributed by atoms with E-state index >= 15 is 0 Å². The minimum atomic E-state index is -1.01. The first kappa shape index (κ1) is 11.4. The lowest BCUT2D eigenvalue weighted by atomic mass is 10.2. The van der Waals surface area contributed by atoms with E-state index in [1.165, 1.54) is 6.07 Å². The van der Waals surface area contributed by atoms with Gasteiger partial charge in [0.15, 0.2) is 5.58 Å². The second kappa shape index (κ2) is 4.08. The fourth-order valence-corrected chi connectivity index (χ4v) is 1.48. The summed E-state index contributed by atoms with van der Waals surface area (Å²) in [6.45, 7) is 4.01. The number of oxazole rings is 1. The zero-order chi connectivity index (χ0) is 12.6. The Morgan fingerprint density at radius 3 is 2.76 bits per heavy atom. The number of fused-ring (bicyclic) bond motifs is 1. The van der Waals surface area contributed by atoms with Crippen LogP contribution in [0.5, 0.6) is 0 Å². The van der Waals surface area contributed by atoms with Gasteiger partial charge in [-0.05, 0) is 26.0 Å². The van der Waals surface area contributed by atoms with Gasteiger partial charge in [-0.2, -0.15) is 4.98 Å². The molecule has 0 aliphatic heterocycles. The fraction of sp³-hybridized carbons (Fsp3) is 0.333. The first-order chi connectivity index (χ1) is 8.00. The lowest BCUT2D eigenvalue weighted by molar-refractivity contribution is 0.0698. The molecule has 1 aromatic heterocycles. The molecule has 0 atom stereocenters. The smallest absolute Gasteiger partial charge is 0.339 e. The monoisotopic (exact) mass is 234 g/mol. The number of benzene rings is 1. The number of aromatic nitrogens is 1. The Morgan fingerprint density at radius 2 is 2.18 bits per heavy atom. The molecule has 0 aliphatic rings. The van der Waals surface area contributed by atoms with Crippen molar-refractivity contribution in [2.45, 2.75) is 19.9 Å². The fourth-order valence-electron chi connectivity index (χ4n) is 1.48. The van der Waals surface area contributed by atoms with Crippen LogP contribution < -0.4 is 4.90 Å². The first-order valence-electron chi connectivity index (χ1n) is 5.36. The Hall–Kier alpha value is -2.04. The molecule has 2 aromatic rings. The summed E-state index contributed by atoms with van der Waals surface area (Å²) in [5, 5.41) is 9.04. The van der Waals surface area contributed by atoms with Crippen LogP contribution in [0.2, 0.25) is 0 Å². The highest BCUT2D eigenvalue weighted by atomic mass is 16.4. The molecule has 1 aromatic carbocycles. The van der Waals surface area contributed by atoms with Crippen molar-refractivity contribution in [2.24, 2.45) is 0 Å². The highest BCUT2D eigenvalue weighted by molar-refractivity contribution is 6.00. The molecule has 5 heteroatoms. The number of anilines is 1. The third-order valence-corrected chi connectivity index (χ3v) is 2.71. The molecule has 2 rings (SSSR count). The summed E-state index contributed by atoms with van der Waals surface area (Å²) in [6.07, 6.45) is 0. The van der Waals surface area contributed by atoms with E-state index in [4.69, 9.17) is 9.52 Å². The molecule has 1 heterocycles. The average Bonchev–Trinajstić information content (AvgIpc) is 2.70. The van der Waals surface area contributed by atoms with Crippen LogP contribution in [0.3, 0.4) is 0 Å². The van der Waals surface area contributed by atoms with Crippen molar-refractivity contribution < 1.29 is 14.3 Å². The summed E-state index contributed by atoms with van der Waals surface area (Å²) in [7, 11) is 1.86. The zero-order valence-corrected chi connectivity index (χ0v) is 9.97. The van der Waals surface area contributed by atoms with Crippen LogP contribution in [0.4, 0.5) is 6.01 Å². The lowest BCUT2D eigenvalue weighted by Gasteiger charge is -2.18. The van der Waals surface area contributed by atoms with Gasteiger partial charge in [0.2, 0.25) is 0 Å². The summed E-state index contributed by atoms with van der Waals surface area (Å²) >= 11 is 0. The van der Waals surface area contributed by atoms with Crippen molar-refractivity contribution >= 4 is 23.1 Å². The van der Waals surface area contributed by atoms with Gasteiger partial charge in [0.1, 0.15) is 11.1 Å². The molecule has 0 unspecified atom stereocenters. The maximum absolute atomic E-state index is 11.0. The first-order valence-corrected chi connectivity index (χ1v) is 5.36. The molecule has 5 nitrogen and oxygen atoms in total. The van der Waals surface area contributed by atoms with Crippen molar-refractivity contribution in [3.05, 3.63) is 23.8 Å². The second-order valence-corrected chi connectivity index (χ2v) is 4.16. The Morgan fingerprint density at radius 1 is 1.47 bits per heavy atom. The van der Waals surface area contributed by atoms with Gasteiger partial charge in [-0.1, -0.05) is 6.07 Å². The minimum Gasteiger partial charge on any atom is -0.478 e. The lowest BCUT2D eigenvalue weighted by Crippen LogP contribution is -2.25. The third-order valence-electron chi connectivity index (χ3n) is 2.71. The van der Waals surface area contributed by atoms with Gasteiger partial charge < -0.3 is 14.4 Å². The largest absolute Gasteiger partial charge is 0.478 e. The topological polar surface area (TPSA) is 66.6 Å². The number of hydrogen-bond donors (Lipinski definition) is 1. The number of nitrogens with zero attached hydrogens (tertiary/aromatic N) is 2. The van der Waals surface area contributed by atoms with E-state index in [0.29, 0.717) is 17.1 Å². The number of carboxylic acids is 1. The highest BCUT2D eigenvalue weighted by Gasteiger charge is 2.17. The Bertz CT molecular complexity index is 560. The Balaban J connectivity index is 2.57.